The smallest absolute Gasteiger partial charge is 0.387 e. The minimum absolute atomic E-state index is 0. The van der Waals surface area contributed by atoms with Gasteiger partial charge < -0.3 is 19.8 Å². The van der Waals surface area contributed by atoms with Crippen molar-refractivity contribution >= 4 is 29.9 Å². The summed E-state index contributed by atoms with van der Waals surface area (Å²) in [6.07, 6.45) is 0. The first-order valence-corrected chi connectivity index (χ1v) is 7.50. The molecule has 0 aliphatic rings. The number of hydrogen-bond acceptors (Lipinski definition) is 4. The van der Waals surface area contributed by atoms with Gasteiger partial charge in [-0.3, -0.25) is 4.99 Å². The van der Waals surface area contributed by atoms with Crippen LogP contribution in [0.1, 0.15) is 22.9 Å². The standard InChI is InChI=1S/C16H19F3N4O2.HI/c1-9-10(2)24-14(23-9)8-22-16(20-3)21-7-11-12(17)5-4-6-13(11)25-15(18)19;/h4-6,15H,7-8H2,1-3H3,(H2,20,21,22);1H. The fourth-order valence-corrected chi connectivity index (χ4v) is 2.08. The topological polar surface area (TPSA) is 71.7 Å². The van der Waals surface area contributed by atoms with Crippen LogP contribution in [-0.4, -0.2) is 24.6 Å². The molecule has 1 aromatic carbocycles. The van der Waals surface area contributed by atoms with E-state index in [4.69, 9.17) is 4.42 Å². The molecule has 1 aromatic heterocycles. The highest BCUT2D eigenvalue weighted by molar-refractivity contribution is 14.0. The number of alkyl halides is 2. The van der Waals surface area contributed by atoms with E-state index in [1.54, 1.807) is 0 Å². The fourth-order valence-electron chi connectivity index (χ4n) is 2.08. The molecule has 0 radical (unpaired) electrons. The second-order valence-electron chi connectivity index (χ2n) is 5.12. The van der Waals surface area contributed by atoms with Crippen LogP contribution < -0.4 is 15.4 Å². The molecule has 0 spiro atoms. The molecule has 0 aliphatic carbocycles. The van der Waals surface area contributed by atoms with Crippen LogP contribution in [0, 0.1) is 19.7 Å². The first-order chi connectivity index (χ1) is 11.9. The third kappa shape index (κ3) is 6.07. The Kier molecular flexibility index (Phi) is 8.69. The molecular weight excluding hydrogens is 464 g/mol. The van der Waals surface area contributed by atoms with E-state index in [9.17, 15) is 13.2 Å². The monoisotopic (exact) mass is 484 g/mol. The van der Waals surface area contributed by atoms with Crippen LogP contribution in [0.2, 0.25) is 0 Å². The number of halogens is 4. The number of aromatic nitrogens is 1. The van der Waals surface area contributed by atoms with Gasteiger partial charge in [0.05, 0.1) is 12.2 Å². The normalized spacial score (nSPS) is 11.3. The van der Waals surface area contributed by atoms with E-state index in [0.29, 0.717) is 11.9 Å². The molecular formula is C16H20F3IN4O2. The van der Waals surface area contributed by atoms with Crippen molar-refractivity contribution in [3.05, 3.63) is 46.9 Å². The van der Waals surface area contributed by atoms with Gasteiger partial charge in [-0.1, -0.05) is 6.07 Å². The molecule has 26 heavy (non-hydrogen) atoms. The first kappa shape index (κ1) is 22.1. The van der Waals surface area contributed by atoms with Crippen LogP contribution in [-0.2, 0) is 13.1 Å². The Bertz CT molecular complexity index is 734. The van der Waals surface area contributed by atoms with Gasteiger partial charge in [0, 0.05) is 19.2 Å². The minimum atomic E-state index is -3.03. The van der Waals surface area contributed by atoms with Gasteiger partial charge in [-0.2, -0.15) is 8.78 Å². The second-order valence-corrected chi connectivity index (χ2v) is 5.12. The molecule has 0 bridgehead atoms. The number of aryl methyl sites for hydroxylation is 2. The van der Waals surface area contributed by atoms with Gasteiger partial charge in [0.1, 0.15) is 17.3 Å². The number of nitrogens with zero attached hydrogens (tertiary/aromatic N) is 2. The summed E-state index contributed by atoms with van der Waals surface area (Å²) < 4.78 is 48.5. The quantitative estimate of drug-likeness (QED) is 0.373. The summed E-state index contributed by atoms with van der Waals surface area (Å²) in [6, 6.07) is 3.75. The molecule has 0 saturated carbocycles. The highest BCUT2D eigenvalue weighted by Crippen LogP contribution is 2.23. The van der Waals surface area contributed by atoms with E-state index < -0.39 is 12.4 Å². The zero-order valence-corrected chi connectivity index (χ0v) is 16.8. The van der Waals surface area contributed by atoms with E-state index in [0.717, 1.165) is 11.5 Å². The van der Waals surface area contributed by atoms with Crippen molar-refractivity contribution in [3.8, 4) is 5.75 Å². The van der Waals surface area contributed by atoms with Crippen LogP contribution in [0.25, 0.3) is 0 Å². The second kappa shape index (κ2) is 10.2. The lowest BCUT2D eigenvalue weighted by atomic mass is 10.2. The third-order valence-corrected chi connectivity index (χ3v) is 3.43. The fraction of sp³-hybridized carbons (Fsp3) is 0.375. The number of aliphatic imine (C=N–C) groups is 1. The predicted octanol–water partition coefficient (Wildman–Crippen LogP) is 3.52. The molecule has 0 fully saturated rings. The Balaban J connectivity index is 0.00000338. The minimum Gasteiger partial charge on any atom is -0.444 e. The Morgan fingerprint density at radius 3 is 2.54 bits per heavy atom. The Morgan fingerprint density at radius 1 is 1.27 bits per heavy atom. The van der Waals surface area contributed by atoms with E-state index in [2.05, 4.69) is 25.3 Å². The number of nitrogens with one attached hydrogen (secondary N) is 2. The molecule has 0 aliphatic heterocycles. The van der Waals surface area contributed by atoms with Gasteiger partial charge in [0.2, 0.25) is 5.89 Å². The zero-order chi connectivity index (χ0) is 18.4. The number of guanidine groups is 1. The summed E-state index contributed by atoms with van der Waals surface area (Å²) in [7, 11) is 1.53. The van der Waals surface area contributed by atoms with Crippen LogP contribution in [0.5, 0.6) is 5.75 Å². The van der Waals surface area contributed by atoms with Crippen molar-refractivity contribution in [1.82, 2.24) is 15.6 Å². The van der Waals surface area contributed by atoms with Crippen molar-refractivity contribution in [2.75, 3.05) is 7.05 Å². The van der Waals surface area contributed by atoms with Crippen LogP contribution >= 0.6 is 24.0 Å². The van der Waals surface area contributed by atoms with Crippen molar-refractivity contribution in [3.63, 3.8) is 0 Å². The average molecular weight is 484 g/mol. The van der Waals surface area contributed by atoms with Crippen molar-refractivity contribution in [2.45, 2.75) is 33.5 Å². The highest BCUT2D eigenvalue weighted by Gasteiger charge is 2.14. The lowest BCUT2D eigenvalue weighted by molar-refractivity contribution is -0.0506. The number of benzene rings is 1. The SMILES string of the molecule is CN=C(NCc1nc(C)c(C)o1)NCc1c(F)cccc1OC(F)F.I. The Labute approximate surface area is 166 Å². The summed E-state index contributed by atoms with van der Waals surface area (Å²) in [5, 5.41) is 5.78. The lowest BCUT2D eigenvalue weighted by Gasteiger charge is -2.14. The van der Waals surface area contributed by atoms with Crippen molar-refractivity contribution in [1.29, 1.82) is 0 Å². The number of rotatable bonds is 6. The summed E-state index contributed by atoms with van der Waals surface area (Å²) in [6.45, 7) is 0.790. The molecule has 1 heterocycles. The molecule has 144 valence electrons. The first-order valence-electron chi connectivity index (χ1n) is 7.50. The van der Waals surface area contributed by atoms with Gasteiger partial charge in [-0.15, -0.1) is 24.0 Å². The Morgan fingerprint density at radius 2 is 1.96 bits per heavy atom. The van der Waals surface area contributed by atoms with E-state index in [1.807, 2.05) is 13.8 Å². The zero-order valence-electron chi connectivity index (χ0n) is 14.5. The molecule has 0 amide bonds. The average Bonchev–Trinajstić information content (AvgIpc) is 2.87. The number of oxazole rings is 1. The summed E-state index contributed by atoms with van der Waals surface area (Å²) >= 11 is 0. The summed E-state index contributed by atoms with van der Waals surface area (Å²) in [5.41, 5.74) is 0.772. The van der Waals surface area contributed by atoms with Crippen LogP contribution in [0.4, 0.5) is 13.2 Å². The van der Waals surface area contributed by atoms with E-state index in [1.165, 1.54) is 25.2 Å². The number of ether oxygens (including phenoxy) is 1. The van der Waals surface area contributed by atoms with Gasteiger partial charge in [-0.25, -0.2) is 9.37 Å². The summed E-state index contributed by atoms with van der Waals surface area (Å²) in [5.74, 6) is 0.655. The van der Waals surface area contributed by atoms with Crippen LogP contribution in [0.3, 0.4) is 0 Å². The molecule has 0 atom stereocenters. The predicted molar refractivity (Wildman–Crippen MR) is 101 cm³/mol. The molecule has 0 saturated heterocycles. The van der Waals surface area contributed by atoms with Gasteiger partial charge >= 0.3 is 6.61 Å². The largest absolute Gasteiger partial charge is 0.444 e. The van der Waals surface area contributed by atoms with Gasteiger partial charge in [0.25, 0.3) is 0 Å². The van der Waals surface area contributed by atoms with Gasteiger partial charge in [0.15, 0.2) is 5.96 Å². The van der Waals surface area contributed by atoms with E-state index >= 15 is 0 Å². The van der Waals surface area contributed by atoms with Crippen molar-refractivity contribution < 1.29 is 22.3 Å². The highest BCUT2D eigenvalue weighted by atomic mass is 127. The molecule has 2 aromatic rings. The van der Waals surface area contributed by atoms with E-state index in [-0.39, 0.29) is 48.4 Å². The molecule has 2 N–H and O–H groups in total. The lowest BCUT2D eigenvalue weighted by Crippen LogP contribution is -2.36. The molecule has 10 heteroatoms. The maximum absolute atomic E-state index is 13.9. The van der Waals surface area contributed by atoms with Crippen molar-refractivity contribution in [2.24, 2.45) is 4.99 Å². The molecule has 2 rings (SSSR count). The summed E-state index contributed by atoms with van der Waals surface area (Å²) in [4.78, 5) is 8.20. The van der Waals surface area contributed by atoms with Gasteiger partial charge in [-0.05, 0) is 26.0 Å². The Hall–Kier alpha value is -1.98. The molecule has 6 nitrogen and oxygen atoms in total. The maximum atomic E-state index is 13.9. The number of hydrogen-bond donors (Lipinski definition) is 2. The van der Waals surface area contributed by atoms with Crippen LogP contribution in [0.15, 0.2) is 27.6 Å². The third-order valence-electron chi connectivity index (χ3n) is 3.43. The maximum Gasteiger partial charge on any atom is 0.387 e. The molecule has 0 unspecified atom stereocenters.